The maximum atomic E-state index is 14.4. The van der Waals surface area contributed by atoms with Gasteiger partial charge in [0.2, 0.25) is 5.79 Å². The van der Waals surface area contributed by atoms with E-state index >= 15 is 0 Å². The Balaban J connectivity index is 1.71. The van der Waals surface area contributed by atoms with Crippen LogP contribution in [0.1, 0.15) is 126 Å². The molecular formula is C52H81NO13P+. The molecule has 1 saturated carbocycles. The summed E-state index contributed by atoms with van der Waals surface area (Å²) < 4.78 is 42.2. The summed E-state index contributed by atoms with van der Waals surface area (Å²) in [5.74, 6) is -7.95. The zero-order chi connectivity index (χ0) is 49.7. The van der Waals surface area contributed by atoms with Gasteiger partial charge in [0, 0.05) is 58.5 Å². The lowest BCUT2D eigenvalue weighted by molar-refractivity contribution is -0.265. The second-order valence-corrected chi connectivity index (χ2v) is 21.9. The van der Waals surface area contributed by atoms with Crippen LogP contribution < -0.4 is 0 Å². The fourth-order valence-electron chi connectivity index (χ4n) is 10.5. The predicted molar refractivity (Wildman–Crippen MR) is 256 cm³/mol. The van der Waals surface area contributed by atoms with E-state index in [9.17, 15) is 38.8 Å². The number of fused-ring (bicyclic) bond motifs is 3. The van der Waals surface area contributed by atoms with Gasteiger partial charge in [-0.1, -0.05) is 75.6 Å². The number of hydrogen-bond donors (Lipinski definition) is 2. The molecule has 3 unspecified atom stereocenters. The van der Waals surface area contributed by atoms with Crippen molar-refractivity contribution in [2.75, 3.05) is 34.5 Å². The van der Waals surface area contributed by atoms with Crippen LogP contribution in [0.3, 0.4) is 0 Å². The van der Waals surface area contributed by atoms with Gasteiger partial charge in [-0.25, -0.2) is 4.79 Å². The number of hydrogen-bond acceptors (Lipinski definition) is 13. The van der Waals surface area contributed by atoms with Gasteiger partial charge in [-0.05, 0) is 107 Å². The van der Waals surface area contributed by atoms with Gasteiger partial charge in [0.1, 0.15) is 42.9 Å². The molecule has 14 nitrogen and oxygen atoms in total. The van der Waals surface area contributed by atoms with Crippen LogP contribution in [0.4, 0.5) is 0 Å². The number of nitrogens with zero attached hydrogens (tertiary/aromatic N) is 1. The van der Waals surface area contributed by atoms with Gasteiger partial charge in [0.15, 0.2) is 11.4 Å². The van der Waals surface area contributed by atoms with E-state index in [1.54, 1.807) is 47.7 Å². The Bertz CT molecular complexity index is 1860. The quantitative estimate of drug-likeness (QED) is 0.110. The number of carbonyl (C=O) groups is 5. The first-order valence-corrected chi connectivity index (χ1v) is 26.3. The summed E-state index contributed by atoms with van der Waals surface area (Å²) in [6, 6.07) is -1.14. The molecule has 3 fully saturated rings. The largest absolute Gasteiger partial charge is 0.460 e. The number of ether oxygens (including phenoxy) is 5. The second-order valence-electron chi connectivity index (χ2n) is 20.1. The summed E-state index contributed by atoms with van der Waals surface area (Å²) in [5.41, 5.74) is 1.21. The molecule has 376 valence electrons. The summed E-state index contributed by atoms with van der Waals surface area (Å²) in [4.78, 5) is 72.0. The van der Waals surface area contributed by atoms with E-state index < -0.39 is 85.6 Å². The van der Waals surface area contributed by atoms with Crippen LogP contribution in [0.5, 0.6) is 0 Å². The first-order valence-electron chi connectivity index (χ1n) is 24.6. The van der Waals surface area contributed by atoms with Crippen LogP contribution in [0.15, 0.2) is 47.6 Å². The van der Waals surface area contributed by atoms with Gasteiger partial charge in [-0.2, -0.15) is 0 Å². The highest BCUT2D eigenvalue weighted by Crippen LogP contribution is 2.42. The number of piperidine rings is 1. The van der Waals surface area contributed by atoms with E-state index in [0.29, 0.717) is 56.9 Å². The smallest absolute Gasteiger partial charge is 0.341 e. The molecule has 0 aromatic heterocycles. The molecule has 4 aliphatic rings. The minimum Gasteiger partial charge on any atom is -0.460 e. The molecule has 2 bridgehead atoms. The molecule has 1 amide bonds. The monoisotopic (exact) mass is 959 g/mol. The van der Waals surface area contributed by atoms with Gasteiger partial charge in [0.25, 0.3) is 11.7 Å². The van der Waals surface area contributed by atoms with E-state index in [2.05, 4.69) is 0 Å². The van der Waals surface area contributed by atoms with Crippen LogP contribution >= 0.6 is 7.80 Å². The number of esters is 1. The minimum absolute atomic E-state index is 0.0171. The summed E-state index contributed by atoms with van der Waals surface area (Å²) >= 11 is 0. The third-order valence-corrected chi connectivity index (χ3v) is 16.5. The van der Waals surface area contributed by atoms with Crippen molar-refractivity contribution in [1.29, 1.82) is 0 Å². The molecule has 0 aromatic rings. The topological polar surface area (TPSA) is 192 Å². The van der Waals surface area contributed by atoms with Crippen molar-refractivity contribution in [3.8, 4) is 0 Å². The summed E-state index contributed by atoms with van der Waals surface area (Å²) in [6.45, 7) is 14.5. The van der Waals surface area contributed by atoms with Crippen molar-refractivity contribution >= 4 is 37.0 Å². The van der Waals surface area contributed by atoms with Gasteiger partial charge < -0.3 is 38.8 Å². The van der Waals surface area contributed by atoms with E-state index in [4.69, 9.17) is 23.7 Å². The van der Waals surface area contributed by atoms with Crippen molar-refractivity contribution < 1.29 is 62.4 Å². The van der Waals surface area contributed by atoms with Crippen LogP contribution in [0.25, 0.3) is 0 Å². The van der Waals surface area contributed by atoms with Gasteiger partial charge >= 0.3 is 13.8 Å². The summed E-state index contributed by atoms with van der Waals surface area (Å²) in [7, 11) is 3.13. The molecule has 16 atom stereocenters. The normalized spacial score (nSPS) is 39.8. The van der Waals surface area contributed by atoms with E-state index in [1.807, 2.05) is 58.1 Å². The van der Waals surface area contributed by atoms with Crippen molar-refractivity contribution in [1.82, 2.24) is 4.90 Å². The lowest BCUT2D eigenvalue weighted by atomic mass is 9.79. The summed E-state index contributed by atoms with van der Waals surface area (Å²) in [5, 5.41) is 23.4. The number of amides is 1. The molecule has 0 aromatic carbocycles. The third-order valence-electron chi connectivity index (χ3n) is 14.9. The zero-order valence-corrected chi connectivity index (χ0v) is 42.9. The molecule has 3 heterocycles. The van der Waals surface area contributed by atoms with Crippen LogP contribution in [0, 0.1) is 35.5 Å². The molecule has 4 rings (SSSR count). The van der Waals surface area contributed by atoms with Crippen molar-refractivity contribution in [3.63, 3.8) is 0 Å². The maximum Gasteiger partial charge on any atom is 0.341 e. The van der Waals surface area contributed by atoms with Crippen LogP contribution in [-0.2, 0) is 52.2 Å². The Labute approximate surface area is 400 Å². The third kappa shape index (κ3) is 14.9. The maximum absolute atomic E-state index is 14.4. The van der Waals surface area contributed by atoms with Gasteiger partial charge in [-0.15, -0.1) is 0 Å². The molecular weight excluding hydrogens is 878 g/mol. The van der Waals surface area contributed by atoms with Crippen molar-refractivity contribution in [3.05, 3.63) is 47.6 Å². The molecule has 15 heteroatoms. The number of Topliss-reactive ketones (excluding diaryl/α,β-unsaturated/α-hetero) is 3. The number of aliphatic hydroxyl groups is 2. The lowest BCUT2D eigenvalue weighted by Crippen LogP contribution is -2.61. The molecule has 1 aliphatic carbocycles. The fraction of sp³-hybridized carbons (Fsp3) is 0.750. The number of cyclic esters (lactones) is 1. The Kier molecular flexibility index (Phi) is 22.0. The molecule has 2 N–H and O–H groups in total. The molecule has 3 aliphatic heterocycles. The van der Waals surface area contributed by atoms with Crippen molar-refractivity contribution in [2.45, 2.75) is 180 Å². The van der Waals surface area contributed by atoms with Gasteiger partial charge in [-0.3, -0.25) is 19.2 Å². The molecule has 0 radical (unpaired) electrons. The molecule has 2 saturated heterocycles. The SMILES string of the molecule is CO[C@H]1C[C@@H]2CC[C@@H](C)[C@@](O)(O2)C(=O)C(=O)N2CCCC[C@H]2C(=O)OC([C@H](C)C[C@@H]2CCC([P+](C)=O)[C@H](OC)C2)CC(=O)[C@H](C)/C=C(\C)[C@@H](O)[C@@H](OC)C(=O)[C@H](C)C[C@H](C)/C=C/C=C/C=C/1C. The van der Waals surface area contributed by atoms with E-state index in [1.165, 1.54) is 12.0 Å². The average molecular weight is 959 g/mol. The Morgan fingerprint density at radius 2 is 1.60 bits per heavy atom. The number of aliphatic hydroxyl groups excluding tert-OH is 1. The predicted octanol–water partition coefficient (Wildman–Crippen LogP) is 7.65. The number of ketones is 3. The first kappa shape index (κ1) is 56.4. The van der Waals surface area contributed by atoms with E-state index in [-0.39, 0.29) is 60.5 Å². The highest BCUT2D eigenvalue weighted by atomic mass is 31.1. The van der Waals surface area contributed by atoms with Crippen molar-refractivity contribution in [2.24, 2.45) is 35.5 Å². The highest BCUT2D eigenvalue weighted by molar-refractivity contribution is 7.44. The number of carbonyl (C=O) groups excluding carboxylic acids is 5. The van der Waals surface area contributed by atoms with Gasteiger partial charge in [0.05, 0.1) is 12.2 Å². The number of rotatable bonds is 7. The second kappa shape index (κ2) is 26.1. The molecule has 0 spiro atoms. The highest BCUT2D eigenvalue weighted by Gasteiger charge is 2.53. The summed E-state index contributed by atoms with van der Waals surface area (Å²) in [6.07, 6.45) is 12.2. The number of allylic oxidation sites excluding steroid dienone is 6. The fourth-order valence-corrected chi connectivity index (χ4v) is 11.8. The molecule has 67 heavy (non-hydrogen) atoms. The number of methoxy groups -OCH3 is 3. The first-order chi connectivity index (χ1) is 31.7. The van der Waals surface area contributed by atoms with Crippen LogP contribution in [0.2, 0.25) is 0 Å². The minimum atomic E-state index is -2.43. The average Bonchev–Trinajstić information content (AvgIpc) is 3.30. The Morgan fingerprint density at radius 1 is 0.881 bits per heavy atom. The Hall–Kier alpha value is -3.23. The van der Waals surface area contributed by atoms with E-state index in [0.717, 1.165) is 18.4 Å². The van der Waals surface area contributed by atoms with Crippen LogP contribution in [-0.4, -0.2) is 133 Å². The lowest BCUT2D eigenvalue weighted by Gasteiger charge is -2.42. The Morgan fingerprint density at radius 3 is 2.25 bits per heavy atom. The standard InChI is InChI=1S/C52H81NO13P/c1-31-17-13-12-14-18-32(2)42(62-8)29-39-22-20-37(7)52(60,66-39)49(57)50(58)53-24-16-15-19-40(53)51(59)65-43(34(4)27-38-21-23-45(67(11)61)44(28-38)63-9)30-41(54)33(3)26-36(6)47(56)48(64-10)46(55)35(5)25-31/h12-14,17-18,26,31,33-35,37-40,42-45,47-48,56,60H,15-16,19-25,27-30H2,1-11H3/q+1/b14-12+,17-13+,32-18+,36-26+/t31-,33-,34-,35-,37-,38+,39+,40+,42+,43?,44-,45?,47-,48+,52-/m1/s1. The zero-order valence-electron chi connectivity index (χ0n) is 42.0.